The predicted molar refractivity (Wildman–Crippen MR) is 104 cm³/mol. The van der Waals surface area contributed by atoms with Crippen molar-refractivity contribution in [2.45, 2.75) is 18.8 Å². The first kappa shape index (κ1) is 16.0. The number of nitrogens with zero attached hydrogens (tertiary/aromatic N) is 5. The van der Waals surface area contributed by atoms with Gasteiger partial charge in [-0.15, -0.1) is 0 Å². The minimum absolute atomic E-state index is 0.243. The van der Waals surface area contributed by atoms with Gasteiger partial charge in [-0.3, -0.25) is 0 Å². The van der Waals surface area contributed by atoms with E-state index >= 15 is 0 Å². The highest BCUT2D eigenvalue weighted by Crippen LogP contribution is 2.35. The zero-order valence-electron chi connectivity index (χ0n) is 15.3. The van der Waals surface area contributed by atoms with E-state index in [1.807, 2.05) is 16.8 Å². The second-order valence-corrected chi connectivity index (χ2v) is 7.60. The summed E-state index contributed by atoms with van der Waals surface area (Å²) in [6, 6.07) is 6.65. The van der Waals surface area contributed by atoms with Crippen molar-refractivity contribution in [2.75, 3.05) is 31.1 Å². The van der Waals surface area contributed by atoms with Gasteiger partial charge in [0, 0.05) is 37.7 Å². The van der Waals surface area contributed by atoms with Crippen molar-refractivity contribution in [3.8, 4) is 0 Å². The van der Waals surface area contributed by atoms with Crippen LogP contribution >= 0.6 is 0 Å². The minimum atomic E-state index is -0.243. The Bertz CT molecular complexity index is 1190. The summed E-state index contributed by atoms with van der Waals surface area (Å²) in [7, 11) is 0. The molecule has 1 aromatic carbocycles. The summed E-state index contributed by atoms with van der Waals surface area (Å²) in [5.74, 6) is 2.14. The van der Waals surface area contributed by atoms with Crippen LogP contribution in [0.25, 0.3) is 16.7 Å². The topological polar surface area (TPSA) is 74.1 Å². The van der Waals surface area contributed by atoms with E-state index in [-0.39, 0.29) is 5.82 Å². The smallest absolute Gasteiger partial charge is 0.157 e. The molecule has 8 heteroatoms. The maximum Gasteiger partial charge on any atom is 0.157 e. The van der Waals surface area contributed by atoms with Gasteiger partial charge in [-0.1, -0.05) is 0 Å². The van der Waals surface area contributed by atoms with E-state index in [1.54, 1.807) is 6.07 Å². The van der Waals surface area contributed by atoms with Crippen molar-refractivity contribution in [1.29, 1.82) is 0 Å². The number of hydrogen-bond donors (Lipinski definition) is 2. The first-order chi connectivity index (χ1) is 13.8. The zero-order chi connectivity index (χ0) is 18.7. The molecule has 7 nitrogen and oxygen atoms in total. The molecule has 3 aromatic heterocycles. The van der Waals surface area contributed by atoms with Crippen LogP contribution in [0.2, 0.25) is 0 Å². The van der Waals surface area contributed by atoms with Crippen LogP contribution in [-0.2, 0) is 12.8 Å². The molecule has 142 valence electrons. The second-order valence-electron chi connectivity index (χ2n) is 7.60. The number of H-pyrrole nitrogens is 1. The van der Waals surface area contributed by atoms with E-state index in [9.17, 15) is 4.39 Å². The predicted octanol–water partition coefficient (Wildman–Crippen LogP) is 2.04. The summed E-state index contributed by atoms with van der Waals surface area (Å²) >= 11 is 0. The lowest BCUT2D eigenvalue weighted by Gasteiger charge is -2.41. The van der Waals surface area contributed by atoms with Gasteiger partial charge in [0.15, 0.2) is 5.65 Å². The number of imidazole rings is 1. The molecule has 0 aliphatic carbocycles. The lowest BCUT2D eigenvalue weighted by molar-refractivity contribution is 0.494. The largest absolute Gasteiger partial charge is 0.355 e. The molecule has 0 amide bonds. The van der Waals surface area contributed by atoms with Crippen LogP contribution in [0, 0.1) is 5.82 Å². The van der Waals surface area contributed by atoms with E-state index in [2.05, 4.69) is 25.3 Å². The number of rotatable bonds is 2. The monoisotopic (exact) mass is 377 g/mol. The second kappa shape index (κ2) is 6.00. The molecule has 2 aliphatic rings. The van der Waals surface area contributed by atoms with E-state index in [1.165, 1.54) is 23.4 Å². The van der Waals surface area contributed by atoms with Crippen molar-refractivity contribution >= 4 is 22.5 Å². The lowest BCUT2D eigenvalue weighted by atomic mass is 9.97. The SMILES string of the molecule is Fc1ccc2nc(C3CN(c4c5c(nc6ccnn46)CCNCC5)C3)[nH]c2c1. The lowest BCUT2D eigenvalue weighted by Crippen LogP contribution is -2.47. The van der Waals surface area contributed by atoms with Gasteiger partial charge in [0.05, 0.1) is 28.8 Å². The van der Waals surface area contributed by atoms with Gasteiger partial charge >= 0.3 is 0 Å². The molecule has 1 fully saturated rings. The van der Waals surface area contributed by atoms with Crippen LogP contribution in [0.3, 0.4) is 0 Å². The van der Waals surface area contributed by atoms with Crippen LogP contribution < -0.4 is 10.2 Å². The number of aromatic nitrogens is 5. The molecule has 0 spiro atoms. The molecule has 0 bridgehead atoms. The van der Waals surface area contributed by atoms with Crippen LogP contribution in [-0.4, -0.2) is 50.7 Å². The highest BCUT2D eigenvalue weighted by Gasteiger charge is 2.34. The van der Waals surface area contributed by atoms with E-state index in [0.717, 1.165) is 67.3 Å². The molecule has 0 unspecified atom stereocenters. The molecular weight excluding hydrogens is 357 g/mol. The van der Waals surface area contributed by atoms with Crippen LogP contribution in [0.15, 0.2) is 30.5 Å². The highest BCUT2D eigenvalue weighted by atomic mass is 19.1. The van der Waals surface area contributed by atoms with Crippen molar-refractivity contribution in [2.24, 2.45) is 0 Å². The fourth-order valence-electron chi connectivity index (χ4n) is 4.36. The summed E-state index contributed by atoms with van der Waals surface area (Å²) in [4.78, 5) is 15.2. The number of aromatic amines is 1. The number of halogens is 1. The summed E-state index contributed by atoms with van der Waals surface area (Å²) in [6.07, 6.45) is 3.71. The highest BCUT2D eigenvalue weighted by molar-refractivity contribution is 5.75. The fourth-order valence-corrected chi connectivity index (χ4v) is 4.36. The fraction of sp³-hybridized carbons (Fsp3) is 0.350. The van der Waals surface area contributed by atoms with Crippen molar-refractivity contribution in [3.63, 3.8) is 0 Å². The molecule has 28 heavy (non-hydrogen) atoms. The Morgan fingerprint density at radius 3 is 2.89 bits per heavy atom. The maximum absolute atomic E-state index is 13.5. The average molecular weight is 377 g/mol. The van der Waals surface area contributed by atoms with E-state index in [4.69, 9.17) is 4.98 Å². The molecule has 2 N–H and O–H groups in total. The summed E-state index contributed by atoms with van der Waals surface area (Å²) in [6.45, 7) is 3.64. The first-order valence-corrected chi connectivity index (χ1v) is 9.72. The molecular formula is C20H20FN7. The normalized spacial score (nSPS) is 17.7. The molecule has 2 aliphatic heterocycles. The Labute approximate surface area is 160 Å². The third-order valence-electron chi connectivity index (χ3n) is 5.81. The van der Waals surface area contributed by atoms with Crippen LogP contribution in [0.5, 0.6) is 0 Å². The Hall–Kier alpha value is -3.00. The van der Waals surface area contributed by atoms with Crippen molar-refractivity contribution in [1.82, 2.24) is 29.9 Å². The quantitative estimate of drug-likeness (QED) is 0.559. The molecule has 0 saturated carbocycles. The van der Waals surface area contributed by atoms with E-state index < -0.39 is 0 Å². The Morgan fingerprint density at radius 2 is 1.96 bits per heavy atom. The number of nitrogens with one attached hydrogen (secondary N) is 2. The van der Waals surface area contributed by atoms with Crippen LogP contribution in [0.1, 0.15) is 23.0 Å². The molecule has 0 atom stereocenters. The first-order valence-electron chi connectivity index (χ1n) is 9.72. The van der Waals surface area contributed by atoms with Gasteiger partial charge < -0.3 is 15.2 Å². The van der Waals surface area contributed by atoms with Crippen molar-refractivity contribution < 1.29 is 4.39 Å². The standard InChI is InChI=1S/C20H20FN7/c21-13-1-2-16-17(9-13)26-19(25-16)12-10-27(11-12)20-14-3-6-22-7-4-15(14)24-18-5-8-23-28(18)20/h1-2,5,8-9,12,22H,3-4,6-7,10-11H2,(H,25,26). The Kier molecular flexibility index (Phi) is 3.43. The maximum atomic E-state index is 13.5. The molecule has 5 heterocycles. The average Bonchev–Trinajstić information content (AvgIpc) is 3.20. The molecule has 0 radical (unpaired) electrons. The van der Waals surface area contributed by atoms with Gasteiger partial charge in [0.1, 0.15) is 17.5 Å². The number of hydrogen-bond acceptors (Lipinski definition) is 5. The number of anilines is 1. The molecule has 4 aromatic rings. The van der Waals surface area contributed by atoms with Crippen molar-refractivity contribution in [3.05, 3.63) is 53.4 Å². The number of benzene rings is 1. The van der Waals surface area contributed by atoms with Gasteiger partial charge in [0.25, 0.3) is 0 Å². The van der Waals surface area contributed by atoms with Gasteiger partial charge in [0.2, 0.25) is 0 Å². The zero-order valence-corrected chi connectivity index (χ0v) is 15.3. The summed E-state index contributed by atoms with van der Waals surface area (Å²) in [5, 5.41) is 7.99. The molecule has 1 saturated heterocycles. The summed E-state index contributed by atoms with van der Waals surface area (Å²) < 4.78 is 15.4. The Balaban J connectivity index is 1.35. The van der Waals surface area contributed by atoms with Gasteiger partial charge in [-0.2, -0.15) is 9.61 Å². The van der Waals surface area contributed by atoms with Gasteiger partial charge in [-0.25, -0.2) is 14.4 Å². The minimum Gasteiger partial charge on any atom is -0.355 e. The Morgan fingerprint density at radius 1 is 1.07 bits per heavy atom. The molecule has 6 rings (SSSR count). The third-order valence-corrected chi connectivity index (χ3v) is 5.81. The third kappa shape index (κ3) is 2.41. The summed E-state index contributed by atoms with van der Waals surface area (Å²) in [5.41, 5.74) is 4.94. The van der Waals surface area contributed by atoms with Gasteiger partial charge in [-0.05, 0) is 31.2 Å². The van der Waals surface area contributed by atoms with Crippen LogP contribution in [0.4, 0.5) is 10.2 Å². The number of fused-ring (bicyclic) bond motifs is 3. The van der Waals surface area contributed by atoms with E-state index in [0.29, 0.717) is 5.92 Å².